The van der Waals surface area contributed by atoms with E-state index >= 15 is 0 Å². The molecular weight excluding hydrogens is 200 g/mol. The molecule has 0 aromatic rings. The Morgan fingerprint density at radius 2 is 2.13 bits per heavy atom. The van der Waals surface area contributed by atoms with E-state index in [4.69, 9.17) is 0 Å². The first kappa shape index (κ1) is 11.6. The Bertz CT molecular complexity index is 244. The van der Waals surface area contributed by atoms with E-state index in [9.17, 15) is 0 Å². The zero-order valence-electron chi connectivity index (χ0n) is 10.2. The molecule has 1 aliphatic heterocycles. The predicted octanol–water partition coefficient (Wildman–Crippen LogP) is 4.65. The van der Waals surface area contributed by atoms with E-state index in [1.165, 1.54) is 49.9 Å². The largest absolute Gasteiger partial charge is 0.158 e. The van der Waals surface area contributed by atoms with Gasteiger partial charge in [-0.15, -0.1) is 0 Å². The highest BCUT2D eigenvalue weighted by Gasteiger charge is 2.44. The average molecular weight is 224 g/mol. The van der Waals surface area contributed by atoms with Gasteiger partial charge in [0.05, 0.1) is 0 Å². The summed E-state index contributed by atoms with van der Waals surface area (Å²) in [6.45, 7) is 9.11. The van der Waals surface area contributed by atoms with Gasteiger partial charge in [-0.3, -0.25) is 0 Å². The second-order valence-corrected chi connectivity index (χ2v) is 6.77. The smallest absolute Gasteiger partial charge is 0.00836 e. The van der Waals surface area contributed by atoms with Gasteiger partial charge in [0.15, 0.2) is 0 Å². The van der Waals surface area contributed by atoms with E-state index in [2.05, 4.69) is 32.2 Å². The summed E-state index contributed by atoms with van der Waals surface area (Å²) in [7, 11) is 0. The zero-order valence-corrected chi connectivity index (χ0v) is 11.0. The Balaban J connectivity index is 2.18. The van der Waals surface area contributed by atoms with Gasteiger partial charge < -0.3 is 0 Å². The first-order valence-electron chi connectivity index (χ1n) is 6.48. The van der Waals surface area contributed by atoms with Gasteiger partial charge in [0, 0.05) is 5.25 Å². The fraction of sp³-hybridized carbons (Fsp3) is 0.857. The lowest BCUT2D eigenvalue weighted by molar-refractivity contribution is 0.168. The molecule has 0 N–H and O–H groups in total. The van der Waals surface area contributed by atoms with Crippen molar-refractivity contribution in [1.82, 2.24) is 0 Å². The monoisotopic (exact) mass is 224 g/mol. The summed E-state index contributed by atoms with van der Waals surface area (Å²) < 4.78 is 0. The van der Waals surface area contributed by atoms with Crippen molar-refractivity contribution >= 4 is 11.8 Å². The van der Waals surface area contributed by atoms with Crippen LogP contribution in [0.25, 0.3) is 0 Å². The number of fused-ring (bicyclic) bond motifs is 1. The van der Waals surface area contributed by atoms with Crippen LogP contribution in [0.1, 0.15) is 52.4 Å². The third-order valence-corrected chi connectivity index (χ3v) is 6.14. The number of thioether (sulfide) groups is 1. The van der Waals surface area contributed by atoms with Crippen LogP contribution >= 0.6 is 11.8 Å². The molecule has 86 valence electrons. The Kier molecular flexibility index (Phi) is 3.49. The second kappa shape index (κ2) is 4.53. The highest BCUT2D eigenvalue weighted by molar-refractivity contribution is 7.99. The van der Waals surface area contributed by atoms with E-state index in [0.29, 0.717) is 5.41 Å². The van der Waals surface area contributed by atoms with Gasteiger partial charge >= 0.3 is 0 Å². The van der Waals surface area contributed by atoms with E-state index in [-0.39, 0.29) is 0 Å². The minimum absolute atomic E-state index is 0.463. The SMILES string of the molecule is C=C(CC)C1(C)CCS[C@@H]2CCCC[C@@H]21. The summed E-state index contributed by atoms with van der Waals surface area (Å²) in [5.74, 6) is 2.29. The molecule has 0 radical (unpaired) electrons. The topological polar surface area (TPSA) is 0 Å². The van der Waals surface area contributed by atoms with E-state index in [1.54, 1.807) is 0 Å². The lowest BCUT2D eigenvalue weighted by Gasteiger charge is -2.49. The molecular formula is C14H24S. The highest BCUT2D eigenvalue weighted by Crippen LogP contribution is 2.53. The summed E-state index contributed by atoms with van der Waals surface area (Å²) >= 11 is 2.24. The summed E-state index contributed by atoms with van der Waals surface area (Å²) in [5, 5.41) is 0.945. The molecule has 2 aliphatic rings. The van der Waals surface area contributed by atoms with Gasteiger partial charge in [-0.1, -0.05) is 38.8 Å². The maximum Gasteiger partial charge on any atom is 0.00836 e. The van der Waals surface area contributed by atoms with Gasteiger partial charge in [0.2, 0.25) is 0 Å². The van der Waals surface area contributed by atoms with Crippen molar-refractivity contribution in [2.45, 2.75) is 57.6 Å². The van der Waals surface area contributed by atoms with E-state index in [0.717, 1.165) is 11.2 Å². The number of hydrogen-bond donors (Lipinski definition) is 0. The van der Waals surface area contributed by atoms with Crippen LogP contribution < -0.4 is 0 Å². The van der Waals surface area contributed by atoms with Gasteiger partial charge in [0.1, 0.15) is 0 Å². The van der Waals surface area contributed by atoms with E-state index < -0.39 is 0 Å². The summed E-state index contributed by atoms with van der Waals surface area (Å²) in [5.41, 5.74) is 1.98. The van der Waals surface area contributed by atoms with Crippen LogP contribution in [0.4, 0.5) is 0 Å². The Morgan fingerprint density at radius 3 is 2.87 bits per heavy atom. The third kappa shape index (κ3) is 2.00. The highest BCUT2D eigenvalue weighted by atomic mass is 32.2. The zero-order chi connectivity index (χ0) is 10.9. The van der Waals surface area contributed by atoms with Crippen molar-refractivity contribution in [3.8, 4) is 0 Å². The second-order valence-electron chi connectivity index (χ2n) is 5.42. The van der Waals surface area contributed by atoms with Crippen molar-refractivity contribution in [3.05, 3.63) is 12.2 Å². The van der Waals surface area contributed by atoms with Crippen molar-refractivity contribution in [3.63, 3.8) is 0 Å². The molecule has 0 aromatic carbocycles. The molecule has 1 heterocycles. The van der Waals surface area contributed by atoms with Crippen LogP contribution in [0.3, 0.4) is 0 Å². The van der Waals surface area contributed by atoms with Crippen molar-refractivity contribution in [2.24, 2.45) is 11.3 Å². The Labute approximate surface area is 98.9 Å². The molecule has 1 saturated heterocycles. The lowest BCUT2D eigenvalue weighted by atomic mass is 9.63. The molecule has 1 unspecified atom stereocenters. The molecule has 0 aromatic heterocycles. The maximum atomic E-state index is 4.35. The predicted molar refractivity (Wildman–Crippen MR) is 70.4 cm³/mol. The van der Waals surface area contributed by atoms with E-state index in [1.807, 2.05) is 0 Å². The molecule has 0 spiro atoms. The molecule has 3 atom stereocenters. The van der Waals surface area contributed by atoms with Gasteiger partial charge in [0.25, 0.3) is 0 Å². The van der Waals surface area contributed by atoms with Crippen molar-refractivity contribution in [2.75, 3.05) is 5.75 Å². The van der Waals surface area contributed by atoms with Crippen molar-refractivity contribution < 1.29 is 0 Å². The number of rotatable bonds is 2. The van der Waals surface area contributed by atoms with Crippen LogP contribution in [0.5, 0.6) is 0 Å². The van der Waals surface area contributed by atoms with Crippen LogP contribution in [0.2, 0.25) is 0 Å². The van der Waals surface area contributed by atoms with Gasteiger partial charge in [-0.25, -0.2) is 0 Å². The van der Waals surface area contributed by atoms with Gasteiger partial charge in [-0.05, 0) is 42.8 Å². The third-order valence-electron chi connectivity index (χ3n) is 4.71. The minimum atomic E-state index is 0.463. The van der Waals surface area contributed by atoms with Crippen molar-refractivity contribution in [1.29, 1.82) is 0 Å². The molecule has 1 aliphatic carbocycles. The molecule has 0 amide bonds. The molecule has 2 fully saturated rings. The van der Waals surface area contributed by atoms with Crippen LogP contribution in [-0.2, 0) is 0 Å². The average Bonchev–Trinajstić information content (AvgIpc) is 2.28. The fourth-order valence-corrected chi connectivity index (χ4v) is 5.32. The Hall–Kier alpha value is 0.0900. The quantitative estimate of drug-likeness (QED) is 0.615. The summed E-state index contributed by atoms with van der Waals surface area (Å²) in [4.78, 5) is 0. The lowest BCUT2D eigenvalue weighted by Crippen LogP contribution is -2.42. The molecule has 1 heteroatoms. The molecule has 0 nitrogen and oxygen atoms in total. The maximum absolute atomic E-state index is 4.35. The number of hydrogen-bond acceptors (Lipinski definition) is 1. The summed E-state index contributed by atoms with van der Waals surface area (Å²) in [6, 6.07) is 0. The molecule has 0 bridgehead atoms. The van der Waals surface area contributed by atoms with Gasteiger partial charge in [-0.2, -0.15) is 11.8 Å². The standard InChI is InChI=1S/C14H24S/c1-4-11(2)14(3)9-10-15-13-8-6-5-7-12(13)14/h12-13H,2,4-10H2,1,3H3/t12-,13+,14?/m0/s1. The van der Waals surface area contributed by atoms with Crippen LogP contribution in [0, 0.1) is 11.3 Å². The minimum Gasteiger partial charge on any atom is -0.158 e. The Morgan fingerprint density at radius 1 is 1.40 bits per heavy atom. The molecule has 1 saturated carbocycles. The van der Waals surface area contributed by atoms with Crippen LogP contribution in [-0.4, -0.2) is 11.0 Å². The normalized spacial score (nSPS) is 40.9. The molecule has 15 heavy (non-hydrogen) atoms. The molecule has 2 rings (SSSR count). The summed E-state index contributed by atoms with van der Waals surface area (Å²) in [6.07, 6.45) is 8.36. The first-order chi connectivity index (χ1) is 7.18. The number of allylic oxidation sites excluding steroid dienone is 1. The van der Waals surface area contributed by atoms with Crippen LogP contribution in [0.15, 0.2) is 12.2 Å². The first-order valence-corrected chi connectivity index (χ1v) is 7.53. The fourth-order valence-electron chi connectivity index (χ4n) is 3.48.